The fourth-order valence-corrected chi connectivity index (χ4v) is 6.35. The van der Waals surface area contributed by atoms with Crippen molar-refractivity contribution in [2.45, 2.75) is 11.8 Å². The van der Waals surface area contributed by atoms with Crippen molar-refractivity contribution in [3.63, 3.8) is 0 Å². The molecule has 4 aromatic rings. The molecule has 2 heterocycles. The van der Waals surface area contributed by atoms with E-state index >= 15 is 0 Å². The first-order valence-electron chi connectivity index (χ1n) is 11.1. The first-order valence-corrected chi connectivity index (χ1v) is 13.8. The molecule has 0 radical (unpaired) electrons. The molecule has 0 spiro atoms. The average molecular weight is 527 g/mol. The summed E-state index contributed by atoms with van der Waals surface area (Å²) in [5, 5.41) is 1.58. The predicted octanol–water partition coefficient (Wildman–Crippen LogP) is 5.02. The van der Waals surface area contributed by atoms with Crippen molar-refractivity contribution >= 4 is 59.9 Å². The molecule has 0 atom stereocenters. The molecule has 35 heavy (non-hydrogen) atoms. The van der Waals surface area contributed by atoms with E-state index in [0.717, 1.165) is 20.9 Å². The predicted molar refractivity (Wildman–Crippen MR) is 141 cm³/mol. The van der Waals surface area contributed by atoms with E-state index in [9.17, 15) is 13.2 Å². The largest absolute Gasteiger partial charge is 0.345 e. The van der Waals surface area contributed by atoms with Crippen LogP contribution in [0.3, 0.4) is 0 Å². The zero-order valence-corrected chi connectivity index (χ0v) is 21.3. The number of nitrogens with zero attached hydrogens (tertiary/aromatic N) is 3. The minimum absolute atomic E-state index is 0.149. The molecule has 0 unspecified atom stereocenters. The molecule has 1 amide bonds. The standard InChI is InChI=1S/C25H23ClN4O3S2/c1-17-6-9-19(10-7-17)35(32,33)28-21-5-3-2-4-20(21)24(31)29-12-14-30(15-13-29)25-27-22-11-8-18(26)16-23(22)34-25/h2-11,16,28H,12-15H2,1H3. The number of fused-ring (bicyclic) bond motifs is 1. The molecule has 0 saturated carbocycles. The van der Waals surface area contributed by atoms with Crippen molar-refractivity contribution in [2.24, 2.45) is 0 Å². The summed E-state index contributed by atoms with van der Waals surface area (Å²) in [5.74, 6) is -0.206. The van der Waals surface area contributed by atoms with Crippen molar-refractivity contribution in [3.05, 3.63) is 82.9 Å². The summed E-state index contributed by atoms with van der Waals surface area (Å²) < 4.78 is 29.4. The molecular weight excluding hydrogens is 504 g/mol. The number of aromatic nitrogens is 1. The fraction of sp³-hybridized carbons (Fsp3) is 0.200. The molecule has 7 nitrogen and oxygen atoms in total. The van der Waals surface area contributed by atoms with Crippen molar-refractivity contribution < 1.29 is 13.2 Å². The lowest BCUT2D eigenvalue weighted by Gasteiger charge is -2.34. The maximum absolute atomic E-state index is 13.4. The summed E-state index contributed by atoms with van der Waals surface area (Å²) in [6.07, 6.45) is 0. The number of carbonyl (C=O) groups is 1. The third-order valence-corrected chi connectivity index (χ3v) is 8.61. The van der Waals surface area contributed by atoms with Crippen LogP contribution in [0.4, 0.5) is 10.8 Å². The summed E-state index contributed by atoms with van der Waals surface area (Å²) in [6, 6.07) is 18.9. The van der Waals surface area contributed by atoms with Gasteiger partial charge in [-0.1, -0.05) is 52.8 Å². The van der Waals surface area contributed by atoms with Crippen LogP contribution in [0.1, 0.15) is 15.9 Å². The van der Waals surface area contributed by atoms with E-state index < -0.39 is 10.0 Å². The quantitative estimate of drug-likeness (QED) is 0.395. The Kier molecular flexibility index (Phi) is 6.39. The summed E-state index contributed by atoms with van der Waals surface area (Å²) in [4.78, 5) is 22.1. The SMILES string of the molecule is Cc1ccc(S(=O)(=O)Nc2ccccc2C(=O)N2CCN(c3nc4ccc(Cl)cc4s3)CC2)cc1. The van der Waals surface area contributed by atoms with Crippen LogP contribution in [0.15, 0.2) is 71.6 Å². The van der Waals surface area contributed by atoms with Gasteiger partial charge in [-0.05, 0) is 49.4 Å². The highest BCUT2D eigenvalue weighted by Gasteiger charge is 2.26. The van der Waals surface area contributed by atoms with Gasteiger partial charge in [-0.25, -0.2) is 13.4 Å². The van der Waals surface area contributed by atoms with Crippen molar-refractivity contribution in [1.82, 2.24) is 9.88 Å². The normalized spacial score (nSPS) is 14.3. The van der Waals surface area contributed by atoms with Gasteiger partial charge in [-0.2, -0.15) is 0 Å². The van der Waals surface area contributed by atoms with E-state index in [2.05, 4.69) is 9.62 Å². The second kappa shape index (κ2) is 9.49. The van der Waals surface area contributed by atoms with Crippen LogP contribution in [0.25, 0.3) is 10.2 Å². The Bertz CT molecular complexity index is 1490. The fourth-order valence-electron chi connectivity index (χ4n) is 3.97. The monoisotopic (exact) mass is 526 g/mol. The molecule has 1 aromatic heterocycles. The number of amides is 1. The van der Waals surface area contributed by atoms with E-state index in [1.165, 1.54) is 0 Å². The number of sulfonamides is 1. The number of carbonyl (C=O) groups excluding carboxylic acids is 1. The molecule has 5 rings (SSSR count). The van der Waals surface area contributed by atoms with E-state index in [-0.39, 0.29) is 16.5 Å². The topological polar surface area (TPSA) is 82.6 Å². The van der Waals surface area contributed by atoms with E-state index in [0.29, 0.717) is 36.8 Å². The second-order valence-electron chi connectivity index (χ2n) is 8.35. The van der Waals surface area contributed by atoms with Gasteiger partial charge < -0.3 is 9.80 Å². The number of nitrogens with one attached hydrogen (secondary N) is 1. The third-order valence-electron chi connectivity index (χ3n) is 5.91. The lowest BCUT2D eigenvalue weighted by molar-refractivity contribution is 0.0748. The van der Waals surface area contributed by atoms with Gasteiger partial charge in [0, 0.05) is 31.2 Å². The first-order chi connectivity index (χ1) is 16.8. The van der Waals surface area contributed by atoms with Gasteiger partial charge in [0.15, 0.2) is 5.13 Å². The molecule has 0 aliphatic carbocycles. The number of hydrogen-bond donors (Lipinski definition) is 1. The van der Waals surface area contributed by atoms with E-state index in [1.54, 1.807) is 64.8 Å². The Morgan fingerprint density at radius 3 is 2.46 bits per heavy atom. The van der Waals surface area contributed by atoms with Crippen LogP contribution >= 0.6 is 22.9 Å². The Balaban J connectivity index is 1.30. The smallest absolute Gasteiger partial charge is 0.261 e. The summed E-state index contributed by atoms with van der Waals surface area (Å²) >= 11 is 7.68. The number of benzene rings is 3. The van der Waals surface area contributed by atoms with Crippen molar-refractivity contribution in [2.75, 3.05) is 35.8 Å². The minimum atomic E-state index is -3.82. The molecule has 1 saturated heterocycles. The number of thiazole rings is 1. The van der Waals surface area contributed by atoms with E-state index in [4.69, 9.17) is 16.6 Å². The maximum Gasteiger partial charge on any atom is 0.261 e. The summed E-state index contributed by atoms with van der Waals surface area (Å²) in [5.41, 5.74) is 2.46. The van der Waals surface area contributed by atoms with Gasteiger partial charge in [0.25, 0.3) is 15.9 Å². The van der Waals surface area contributed by atoms with Crippen LogP contribution in [0, 0.1) is 6.92 Å². The van der Waals surface area contributed by atoms with Gasteiger partial charge >= 0.3 is 0 Å². The second-order valence-corrected chi connectivity index (χ2v) is 11.5. The van der Waals surface area contributed by atoms with Gasteiger partial charge in [-0.15, -0.1) is 0 Å². The lowest BCUT2D eigenvalue weighted by Crippen LogP contribution is -2.48. The Morgan fingerprint density at radius 1 is 1.00 bits per heavy atom. The van der Waals surface area contributed by atoms with Gasteiger partial charge in [0.05, 0.1) is 26.4 Å². The average Bonchev–Trinajstić information content (AvgIpc) is 3.27. The molecule has 1 fully saturated rings. The highest BCUT2D eigenvalue weighted by atomic mass is 35.5. The number of anilines is 2. The summed E-state index contributed by atoms with van der Waals surface area (Å²) in [6.45, 7) is 4.18. The molecule has 10 heteroatoms. The maximum atomic E-state index is 13.4. The van der Waals surface area contributed by atoms with Crippen LogP contribution in [0.2, 0.25) is 5.02 Å². The Labute approximate surface area is 213 Å². The van der Waals surface area contributed by atoms with Gasteiger partial charge in [0.1, 0.15) is 0 Å². The Hall–Kier alpha value is -3.14. The van der Waals surface area contributed by atoms with Crippen LogP contribution in [-0.2, 0) is 10.0 Å². The molecule has 0 bridgehead atoms. The van der Waals surface area contributed by atoms with Gasteiger partial charge in [-0.3, -0.25) is 9.52 Å². The number of aryl methyl sites for hydroxylation is 1. The molecule has 180 valence electrons. The van der Waals surface area contributed by atoms with Crippen LogP contribution in [-0.4, -0.2) is 50.4 Å². The van der Waals surface area contributed by atoms with Gasteiger partial charge in [0.2, 0.25) is 0 Å². The zero-order valence-electron chi connectivity index (χ0n) is 18.9. The van der Waals surface area contributed by atoms with Crippen molar-refractivity contribution in [3.8, 4) is 0 Å². The highest BCUT2D eigenvalue weighted by Crippen LogP contribution is 2.31. The zero-order chi connectivity index (χ0) is 24.6. The number of piperazine rings is 1. The third kappa shape index (κ3) is 4.98. The Morgan fingerprint density at radius 2 is 1.71 bits per heavy atom. The molecule has 1 N–H and O–H groups in total. The summed E-state index contributed by atoms with van der Waals surface area (Å²) in [7, 11) is -3.82. The number of para-hydroxylation sites is 1. The molecular formula is C25H23ClN4O3S2. The van der Waals surface area contributed by atoms with Crippen molar-refractivity contribution in [1.29, 1.82) is 0 Å². The lowest BCUT2D eigenvalue weighted by atomic mass is 10.1. The minimum Gasteiger partial charge on any atom is -0.345 e. The number of halogens is 1. The van der Waals surface area contributed by atoms with E-state index in [1.807, 2.05) is 25.1 Å². The molecule has 3 aromatic carbocycles. The number of hydrogen-bond acceptors (Lipinski definition) is 6. The highest BCUT2D eigenvalue weighted by molar-refractivity contribution is 7.92. The van der Waals surface area contributed by atoms with Crippen LogP contribution in [0.5, 0.6) is 0 Å². The van der Waals surface area contributed by atoms with Crippen LogP contribution < -0.4 is 9.62 Å². The molecule has 1 aliphatic rings. The first kappa shape index (κ1) is 23.6. The molecule has 1 aliphatic heterocycles. The number of rotatable bonds is 5.